The number of ether oxygens (including phenoxy) is 1. The fraction of sp³-hybridized carbons (Fsp3) is 0.731. The average Bonchev–Trinajstić information content (AvgIpc) is 3.51. The van der Waals surface area contributed by atoms with Gasteiger partial charge in [-0.25, -0.2) is 4.79 Å². The van der Waals surface area contributed by atoms with Crippen LogP contribution in [0.5, 0.6) is 0 Å². The van der Waals surface area contributed by atoms with Crippen LogP contribution < -0.4 is 16.0 Å². The number of hydrogen-bond donors (Lipinski definition) is 3. The number of amides is 4. The van der Waals surface area contributed by atoms with E-state index in [1.165, 1.54) is 11.0 Å². The van der Waals surface area contributed by atoms with Crippen molar-refractivity contribution < 1.29 is 28.7 Å². The van der Waals surface area contributed by atoms with Crippen LogP contribution in [0.3, 0.4) is 0 Å². The maximum Gasteiger partial charge on any atom is 0.408 e. The van der Waals surface area contributed by atoms with Gasteiger partial charge in [0.1, 0.15) is 17.7 Å². The Morgan fingerprint density at radius 3 is 2.31 bits per heavy atom. The van der Waals surface area contributed by atoms with Gasteiger partial charge in [-0.3, -0.25) is 19.2 Å². The Bertz CT molecular complexity index is 831. The summed E-state index contributed by atoms with van der Waals surface area (Å²) in [6.07, 6.45) is 6.33. The van der Waals surface area contributed by atoms with Crippen molar-refractivity contribution in [3.8, 4) is 0 Å². The van der Waals surface area contributed by atoms with Crippen LogP contribution in [0, 0.1) is 5.92 Å². The highest BCUT2D eigenvalue weighted by molar-refractivity contribution is 6.38. The van der Waals surface area contributed by atoms with Gasteiger partial charge in [0, 0.05) is 13.1 Å². The molecule has 0 bridgehead atoms. The molecule has 0 aromatic heterocycles. The summed E-state index contributed by atoms with van der Waals surface area (Å²) in [5.41, 5.74) is -0.706. The standard InChI is InChI=1S/C26H42N4O6/c1-6-11-18(21(31)23(33)27-15-7-2)28-22(32)19-14-10-16-30(19)24(34)20(17-12-8-9-13-17)29-25(35)36-26(3,4)5/h7,17-20H,2,6,8-16H2,1,3-5H3,(H,27,33)(H,28,32)(H,29,35)/t18?,19-,20-/m0/s1. The molecule has 202 valence electrons. The summed E-state index contributed by atoms with van der Waals surface area (Å²) in [7, 11) is 0. The summed E-state index contributed by atoms with van der Waals surface area (Å²) in [6, 6.07) is -2.53. The molecule has 0 aromatic carbocycles. The molecular formula is C26H42N4O6. The van der Waals surface area contributed by atoms with Crippen molar-refractivity contribution in [2.24, 2.45) is 5.92 Å². The molecular weight excluding hydrogens is 464 g/mol. The lowest BCUT2D eigenvalue weighted by Gasteiger charge is -2.32. The van der Waals surface area contributed by atoms with Crippen molar-refractivity contribution in [2.75, 3.05) is 13.1 Å². The van der Waals surface area contributed by atoms with Gasteiger partial charge < -0.3 is 25.6 Å². The van der Waals surface area contributed by atoms with Crippen molar-refractivity contribution >= 4 is 29.6 Å². The largest absolute Gasteiger partial charge is 0.444 e. The number of likely N-dealkylation sites (tertiary alicyclic amines) is 1. The third-order valence-electron chi connectivity index (χ3n) is 6.49. The SMILES string of the molecule is C=CCNC(=O)C(=O)C(CCC)NC(=O)[C@@H]1CCCN1C(=O)[C@@H](NC(=O)OC(C)(C)C)C1CCCC1. The minimum Gasteiger partial charge on any atom is -0.444 e. The first kappa shape index (κ1) is 29.3. The van der Waals surface area contributed by atoms with E-state index in [-0.39, 0.29) is 18.4 Å². The molecule has 1 heterocycles. The monoisotopic (exact) mass is 506 g/mol. The molecule has 4 amide bonds. The van der Waals surface area contributed by atoms with Crippen LogP contribution in [-0.2, 0) is 23.9 Å². The summed E-state index contributed by atoms with van der Waals surface area (Å²) in [4.78, 5) is 65.7. The predicted octanol–water partition coefficient (Wildman–Crippen LogP) is 2.22. The van der Waals surface area contributed by atoms with Gasteiger partial charge >= 0.3 is 6.09 Å². The Kier molecular flexibility index (Phi) is 10.9. The predicted molar refractivity (Wildman–Crippen MR) is 135 cm³/mol. The molecule has 1 saturated carbocycles. The molecule has 2 fully saturated rings. The zero-order chi connectivity index (χ0) is 26.9. The number of carbonyl (C=O) groups excluding carboxylic acids is 5. The van der Waals surface area contributed by atoms with E-state index in [2.05, 4.69) is 22.5 Å². The smallest absolute Gasteiger partial charge is 0.408 e. The minimum atomic E-state index is -0.976. The lowest BCUT2D eigenvalue weighted by atomic mass is 9.96. The number of ketones is 1. The van der Waals surface area contributed by atoms with E-state index in [1.807, 2.05) is 6.92 Å². The van der Waals surface area contributed by atoms with Crippen LogP contribution in [0.1, 0.15) is 79.1 Å². The van der Waals surface area contributed by atoms with Crippen LogP contribution in [0.15, 0.2) is 12.7 Å². The summed E-state index contributed by atoms with van der Waals surface area (Å²) in [6.45, 7) is 11.2. The Balaban J connectivity index is 2.14. The van der Waals surface area contributed by atoms with E-state index in [0.717, 1.165) is 25.7 Å². The fourth-order valence-electron chi connectivity index (χ4n) is 4.82. The van der Waals surface area contributed by atoms with Gasteiger partial charge in [0.2, 0.25) is 17.6 Å². The second-order valence-corrected chi connectivity index (χ2v) is 10.6. The molecule has 3 N–H and O–H groups in total. The number of nitrogens with zero attached hydrogens (tertiary/aromatic N) is 1. The van der Waals surface area contributed by atoms with Gasteiger partial charge in [-0.15, -0.1) is 6.58 Å². The van der Waals surface area contributed by atoms with Gasteiger partial charge in [0.15, 0.2) is 0 Å². The summed E-state index contributed by atoms with van der Waals surface area (Å²) in [5, 5.41) is 7.91. The third kappa shape index (κ3) is 8.34. The van der Waals surface area contributed by atoms with Crippen molar-refractivity contribution in [1.82, 2.24) is 20.9 Å². The van der Waals surface area contributed by atoms with Gasteiger partial charge in [0.25, 0.3) is 5.91 Å². The first-order valence-corrected chi connectivity index (χ1v) is 13.0. The van der Waals surface area contributed by atoms with Crippen molar-refractivity contribution in [3.63, 3.8) is 0 Å². The average molecular weight is 507 g/mol. The molecule has 2 aliphatic rings. The van der Waals surface area contributed by atoms with Crippen LogP contribution in [0.4, 0.5) is 4.79 Å². The molecule has 10 nitrogen and oxygen atoms in total. The van der Waals surface area contributed by atoms with Crippen molar-refractivity contribution in [1.29, 1.82) is 0 Å². The number of carbonyl (C=O) groups is 5. The zero-order valence-electron chi connectivity index (χ0n) is 22.1. The fourth-order valence-corrected chi connectivity index (χ4v) is 4.82. The highest BCUT2D eigenvalue weighted by Crippen LogP contribution is 2.30. The summed E-state index contributed by atoms with van der Waals surface area (Å²) >= 11 is 0. The van der Waals surface area contributed by atoms with Gasteiger partial charge in [-0.05, 0) is 58.8 Å². The maximum atomic E-state index is 13.7. The highest BCUT2D eigenvalue weighted by Gasteiger charge is 2.42. The topological polar surface area (TPSA) is 134 Å². The first-order valence-electron chi connectivity index (χ1n) is 13.0. The lowest BCUT2D eigenvalue weighted by Crippen LogP contribution is -2.57. The Morgan fingerprint density at radius 1 is 1.06 bits per heavy atom. The molecule has 36 heavy (non-hydrogen) atoms. The second kappa shape index (κ2) is 13.4. The van der Waals surface area contributed by atoms with Crippen LogP contribution in [0.25, 0.3) is 0 Å². The Labute approximate surface area is 213 Å². The number of Topliss-reactive ketones (excluding diaryl/α,β-unsaturated/α-hetero) is 1. The van der Waals surface area contributed by atoms with Gasteiger partial charge in [-0.1, -0.05) is 32.3 Å². The Morgan fingerprint density at radius 2 is 1.72 bits per heavy atom. The van der Waals surface area contributed by atoms with E-state index < -0.39 is 47.4 Å². The molecule has 10 heteroatoms. The molecule has 0 aromatic rings. The molecule has 1 aliphatic heterocycles. The summed E-state index contributed by atoms with van der Waals surface area (Å²) in [5.74, 6) is -2.31. The highest BCUT2D eigenvalue weighted by atomic mass is 16.6. The second-order valence-electron chi connectivity index (χ2n) is 10.6. The molecule has 1 unspecified atom stereocenters. The molecule has 0 spiro atoms. The molecule has 1 aliphatic carbocycles. The molecule has 1 saturated heterocycles. The molecule has 0 radical (unpaired) electrons. The third-order valence-corrected chi connectivity index (χ3v) is 6.49. The number of alkyl carbamates (subject to hydrolysis) is 1. The summed E-state index contributed by atoms with van der Waals surface area (Å²) < 4.78 is 5.39. The quantitative estimate of drug-likeness (QED) is 0.291. The van der Waals surface area contributed by atoms with E-state index in [4.69, 9.17) is 4.74 Å². The van der Waals surface area contributed by atoms with E-state index in [0.29, 0.717) is 32.2 Å². The normalized spacial score (nSPS) is 19.8. The number of hydrogen-bond acceptors (Lipinski definition) is 6. The Hall–Kier alpha value is -2.91. The van der Waals surface area contributed by atoms with E-state index in [9.17, 15) is 24.0 Å². The van der Waals surface area contributed by atoms with Crippen LogP contribution in [0.2, 0.25) is 0 Å². The first-order chi connectivity index (χ1) is 17.0. The lowest BCUT2D eigenvalue weighted by molar-refractivity contribution is -0.143. The van der Waals surface area contributed by atoms with E-state index in [1.54, 1.807) is 20.8 Å². The van der Waals surface area contributed by atoms with E-state index >= 15 is 0 Å². The molecule has 2 rings (SSSR count). The van der Waals surface area contributed by atoms with Gasteiger partial charge in [0.05, 0.1) is 6.04 Å². The van der Waals surface area contributed by atoms with Gasteiger partial charge in [-0.2, -0.15) is 0 Å². The number of nitrogens with one attached hydrogen (secondary N) is 3. The number of rotatable bonds is 11. The maximum absolute atomic E-state index is 13.7. The van der Waals surface area contributed by atoms with Crippen molar-refractivity contribution in [3.05, 3.63) is 12.7 Å². The zero-order valence-corrected chi connectivity index (χ0v) is 22.1. The minimum absolute atomic E-state index is 0.0303. The molecule has 3 atom stereocenters. The van der Waals surface area contributed by atoms with Crippen LogP contribution in [-0.4, -0.2) is 71.3 Å². The van der Waals surface area contributed by atoms with Crippen molar-refractivity contribution in [2.45, 2.75) is 103 Å². The van der Waals surface area contributed by atoms with Crippen LogP contribution >= 0.6 is 0 Å².